The van der Waals surface area contributed by atoms with Gasteiger partial charge in [0.05, 0.1) is 0 Å². The van der Waals surface area contributed by atoms with Gasteiger partial charge >= 0.3 is 0 Å². The molecule has 0 radical (unpaired) electrons. The van der Waals surface area contributed by atoms with E-state index in [1.165, 1.54) is 6.07 Å². The standard InChI is InChI=1S/C16H26FN3/c1-3-20-11-10-19(12-13(20)2)9-8-16(18)14-6-4-5-7-15(14)17/h4-7,13,16H,3,8-12,18H2,1-2H3. The summed E-state index contributed by atoms with van der Waals surface area (Å²) in [5.74, 6) is -0.191. The largest absolute Gasteiger partial charge is 0.324 e. The Morgan fingerprint density at radius 3 is 2.75 bits per heavy atom. The van der Waals surface area contributed by atoms with E-state index in [0.29, 0.717) is 11.6 Å². The van der Waals surface area contributed by atoms with Gasteiger partial charge in [0.1, 0.15) is 5.82 Å². The molecular weight excluding hydrogens is 253 g/mol. The number of rotatable bonds is 5. The minimum atomic E-state index is -0.212. The number of hydrogen-bond donors (Lipinski definition) is 1. The maximum Gasteiger partial charge on any atom is 0.127 e. The van der Waals surface area contributed by atoms with Gasteiger partial charge in [0.2, 0.25) is 0 Å². The number of hydrogen-bond acceptors (Lipinski definition) is 3. The van der Waals surface area contributed by atoms with E-state index in [1.807, 2.05) is 6.07 Å². The van der Waals surface area contributed by atoms with Crippen LogP contribution in [0.3, 0.4) is 0 Å². The molecule has 0 amide bonds. The zero-order chi connectivity index (χ0) is 14.5. The van der Waals surface area contributed by atoms with E-state index in [9.17, 15) is 4.39 Å². The van der Waals surface area contributed by atoms with Crippen molar-refractivity contribution in [3.8, 4) is 0 Å². The summed E-state index contributed by atoms with van der Waals surface area (Å²) in [5, 5.41) is 0. The van der Waals surface area contributed by atoms with Crippen LogP contribution < -0.4 is 5.73 Å². The van der Waals surface area contributed by atoms with Crippen LogP contribution in [-0.4, -0.2) is 48.6 Å². The third-order valence-electron chi connectivity index (χ3n) is 4.32. The van der Waals surface area contributed by atoms with E-state index in [0.717, 1.165) is 39.1 Å². The first kappa shape index (κ1) is 15.4. The molecule has 1 aromatic carbocycles. The van der Waals surface area contributed by atoms with Gasteiger partial charge in [0, 0.05) is 43.8 Å². The Morgan fingerprint density at radius 1 is 1.35 bits per heavy atom. The predicted molar refractivity (Wildman–Crippen MR) is 81.1 cm³/mol. The van der Waals surface area contributed by atoms with Crippen LogP contribution >= 0.6 is 0 Å². The Morgan fingerprint density at radius 2 is 2.10 bits per heavy atom. The summed E-state index contributed by atoms with van der Waals surface area (Å²) in [6, 6.07) is 7.21. The highest BCUT2D eigenvalue weighted by Crippen LogP contribution is 2.18. The molecule has 0 aromatic heterocycles. The summed E-state index contributed by atoms with van der Waals surface area (Å²) < 4.78 is 13.7. The Bertz CT molecular complexity index is 424. The van der Waals surface area contributed by atoms with Crippen molar-refractivity contribution < 1.29 is 4.39 Å². The van der Waals surface area contributed by atoms with Crippen molar-refractivity contribution in [3.05, 3.63) is 35.6 Å². The second kappa shape index (κ2) is 7.16. The smallest absolute Gasteiger partial charge is 0.127 e. The van der Waals surface area contributed by atoms with E-state index in [4.69, 9.17) is 5.73 Å². The number of likely N-dealkylation sites (N-methyl/N-ethyl adjacent to an activating group) is 1. The molecule has 1 aliphatic heterocycles. The summed E-state index contributed by atoms with van der Waals surface area (Å²) in [6.45, 7) is 9.82. The number of nitrogens with two attached hydrogens (primary N) is 1. The average molecular weight is 279 g/mol. The average Bonchev–Trinajstić information content (AvgIpc) is 2.45. The fraction of sp³-hybridized carbons (Fsp3) is 0.625. The Balaban J connectivity index is 1.82. The van der Waals surface area contributed by atoms with Crippen LogP contribution in [0.5, 0.6) is 0 Å². The second-order valence-electron chi connectivity index (χ2n) is 5.69. The van der Waals surface area contributed by atoms with Gasteiger partial charge in [-0.3, -0.25) is 4.90 Å². The molecule has 3 nitrogen and oxygen atoms in total. The first-order valence-electron chi connectivity index (χ1n) is 7.58. The quantitative estimate of drug-likeness (QED) is 0.897. The molecule has 2 N–H and O–H groups in total. The topological polar surface area (TPSA) is 32.5 Å². The van der Waals surface area contributed by atoms with E-state index in [2.05, 4.69) is 23.6 Å². The van der Waals surface area contributed by atoms with Crippen molar-refractivity contribution in [1.82, 2.24) is 9.80 Å². The van der Waals surface area contributed by atoms with E-state index in [-0.39, 0.29) is 11.9 Å². The molecule has 112 valence electrons. The fourth-order valence-electron chi connectivity index (χ4n) is 3.00. The third kappa shape index (κ3) is 3.78. The maximum atomic E-state index is 13.7. The molecule has 1 aliphatic rings. The van der Waals surface area contributed by atoms with E-state index >= 15 is 0 Å². The van der Waals surface area contributed by atoms with Crippen LogP contribution in [0.4, 0.5) is 4.39 Å². The van der Waals surface area contributed by atoms with Gasteiger partial charge in [-0.05, 0) is 26.0 Å². The van der Waals surface area contributed by atoms with Gasteiger partial charge in [-0.1, -0.05) is 25.1 Å². The van der Waals surface area contributed by atoms with Gasteiger partial charge < -0.3 is 10.6 Å². The molecule has 4 heteroatoms. The molecule has 0 aliphatic carbocycles. The van der Waals surface area contributed by atoms with E-state index in [1.54, 1.807) is 12.1 Å². The maximum absolute atomic E-state index is 13.7. The first-order valence-corrected chi connectivity index (χ1v) is 7.58. The number of benzene rings is 1. The van der Waals surface area contributed by atoms with Gasteiger partial charge in [-0.15, -0.1) is 0 Å². The zero-order valence-corrected chi connectivity index (χ0v) is 12.6. The SMILES string of the molecule is CCN1CCN(CCC(N)c2ccccc2F)CC1C. The Labute approximate surface area is 121 Å². The molecule has 0 bridgehead atoms. The van der Waals surface area contributed by atoms with Crippen molar-refractivity contribution in [2.75, 3.05) is 32.7 Å². The molecule has 2 unspecified atom stereocenters. The van der Waals surface area contributed by atoms with Crippen LogP contribution in [0.15, 0.2) is 24.3 Å². The lowest BCUT2D eigenvalue weighted by Crippen LogP contribution is -2.51. The highest BCUT2D eigenvalue weighted by atomic mass is 19.1. The molecule has 0 spiro atoms. The molecule has 2 rings (SSSR count). The van der Waals surface area contributed by atoms with Gasteiger partial charge in [-0.25, -0.2) is 4.39 Å². The number of halogens is 1. The molecule has 1 heterocycles. The van der Waals surface area contributed by atoms with Crippen molar-refractivity contribution in [1.29, 1.82) is 0 Å². The van der Waals surface area contributed by atoms with Gasteiger partial charge in [0.15, 0.2) is 0 Å². The normalized spacial score (nSPS) is 22.9. The predicted octanol–water partition coefficient (Wildman–Crippen LogP) is 2.24. The minimum Gasteiger partial charge on any atom is -0.324 e. The van der Waals surface area contributed by atoms with E-state index < -0.39 is 0 Å². The van der Waals surface area contributed by atoms with Crippen molar-refractivity contribution in [2.24, 2.45) is 5.73 Å². The summed E-state index contributed by atoms with van der Waals surface area (Å²) >= 11 is 0. The lowest BCUT2D eigenvalue weighted by atomic mass is 10.0. The Hall–Kier alpha value is -0.970. The van der Waals surface area contributed by atoms with Crippen LogP contribution in [0.2, 0.25) is 0 Å². The van der Waals surface area contributed by atoms with Gasteiger partial charge in [0.25, 0.3) is 0 Å². The molecule has 20 heavy (non-hydrogen) atoms. The van der Waals surface area contributed by atoms with Crippen molar-refractivity contribution >= 4 is 0 Å². The molecular formula is C16H26FN3. The van der Waals surface area contributed by atoms with Gasteiger partial charge in [-0.2, -0.15) is 0 Å². The monoisotopic (exact) mass is 279 g/mol. The lowest BCUT2D eigenvalue weighted by molar-refractivity contribution is 0.0860. The molecule has 0 saturated carbocycles. The van der Waals surface area contributed by atoms with Crippen molar-refractivity contribution in [3.63, 3.8) is 0 Å². The highest BCUT2D eigenvalue weighted by molar-refractivity contribution is 5.20. The molecule has 1 fully saturated rings. The van der Waals surface area contributed by atoms with Crippen LogP contribution in [0, 0.1) is 5.82 Å². The molecule has 1 aromatic rings. The van der Waals surface area contributed by atoms with Crippen LogP contribution in [0.1, 0.15) is 31.9 Å². The summed E-state index contributed by atoms with van der Waals surface area (Å²) in [7, 11) is 0. The third-order valence-corrected chi connectivity index (χ3v) is 4.32. The van der Waals surface area contributed by atoms with Crippen LogP contribution in [-0.2, 0) is 0 Å². The summed E-state index contributed by atoms with van der Waals surface area (Å²) in [4.78, 5) is 4.94. The summed E-state index contributed by atoms with van der Waals surface area (Å²) in [6.07, 6.45) is 0.805. The second-order valence-corrected chi connectivity index (χ2v) is 5.69. The minimum absolute atomic E-state index is 0.191. The molecule has 2 atom stereocenters. The summed E-state index contributed by atoms with van der Waals surface area (Å²) in [5.41, 5.74) is 6.76. The number of piperazine rings is 1. The number of nitrogens with zero attached hydrogens (tertiary/aromatic N) is 2. The molecule has 1 saturated heterocycles. The lowest BCUT2D eigenvalue weighted by Gasteiger charge is -2.39. The fourth-order valence-corrected chi connectivity index (χ4v) is 3.00. The van der Waals surface area contributed by atoms with Crippen molar-refractivity contribution in [2.45, 2.75) is 32.4 Å². The first-order chi connectivity index (χ1) is 9.61. The zero-order valence-electron chi connectivity index (χ0n) is 12.6. The Kier molecular flexibility index (Phi) is 5.52. The van der Waals surface area contributed by atoms with Crippen LogP contribution in [0.25, 0.3) is 0 Å². The highest BCUT2D eigenvalue weighted by Gasteiger charge is 2.22.